The van der Waals surface area contributed by atoms with Crippen molar-refractivity contribution in [3.63, 3.8) is 0 Å². The second-order valence-electron chi connectivity index (χ2n) is 7.20. The van der Waals surface area contributed by atoms with Gasteiger partial charge in [0.25, 0.3) is 0 Å². The van der Waals surface area contributed by atoms with Gasteiger partial charge in [-0.15, -0.1) is 0 Å². The molecule has 2 aliphatic rings. The largest absolute Gasteiger partial charge is 0.360 e. The first-order valence-electron chi connectivity index (χ1n) is 8.61. The van der Waals surface area contributed by atoms with Gasteiger partial charge in [-0.2, -0.15) is 5.26 Å². The van der Waals surface area contributed by atoms with Crippen molar-refractivity contribution in [3.05, 3.63) is 58.1 Å². The van der Waals surface area contributed by atoms with E-state index in [-0.39, 0.29) is 12.8 Å². The van der Waals surface area contributed by atoms with Crippen LogP contribution in [-0.2, 0) is 5.41 Å². The lowest BCUT2D eigenvalue weighted by atomic mass is 9.71. The number of hydrogen-bond acceptors (Lipinski definition) is 3. The summed E-state index contributed by atoms with van der Waals surface area (Å²) < 4.78 is 69.5. The predicted molar refractivity (Wildman–Crippen MR) is 91.3 cm³/mol. The van der Waals surface area contributed by atoms with E-state index in [0.717, 1.165) is 0 Å². The third-order valence-electron chi connectivity index (χ3n) is 5.70. The van der Waals surface area contributed by atoms with Crippen LogP contribution in [0.15, 0.2) is 18.5 Å². The minimum atomic E-state index is -2.18. The summed E-state index contributed by atoms with van der Waals surface area (Å²) in [6.45, 7) is 0. The summed E-state index contributed by atoms with van der Waals surface area (Å²) >= 11 is 5.99. The van der Waals surface area contributed by atoms with E-state index >= 15 is 0 Å². The Labute approximate surface area is 162 Å². The van der Waals surface area contributed by atoms with Gasteiger partial charge in [0.2, 0.25) is 5.82 Å². The molecule has 2 aromatic rings. The lowest BCUT2D eigenvalue weighted by Gasteiger charge is -2.44. The van der Waals surface area contributed by atoms with Crippen LogP contribution in [0.4, 0.5) is 27.6 Å². The minimum absolute atomic E-state index is 0.168. The first kappa shape index (κ1) is 18.9. The minimum Gasteiger partial charge on any atom is -0.360 e. The normalized spacial score (nSPS) is 26.4. The van der Waals surface area contributed by atoms with E-state index in [1.165, 1.54) is 17.3 Å². The van der Waals surface area contributed by atoms with Crippen LogP contribution in [0.1, 0.15) is 31.2 Å². The lowest BCUT2D eigenvalue weighted by Crippen LogP contribution is -2.50. The summed E-state index contributed by atoms with van der Waals surface area (Å²) in [5, 5.41) is 10.2. The molecular formula is C19H13ClF5N3. The Kier molecular flexibility index (Phi) is 4.46. The summed E-state index contributed by atoms with van der Waals surface area (Å²) in [6.07, 6.45) is 4.23. The summed E-state index contributed by atoms with van der Waals surface area (Å²) in [5.74, 6) is -9.81. The Hall–Kier alpha value is -2.40. The molecule has 0 radical (unpaired) electrons. The summed E-state index contributed by atoms with van der Waals surface area (Å²) in [7, 11) is 0. The number of pyridine rings is 1. The molecule has 0 saturated carbocycles. The smallest absolute Gasteiger partial charge is 0.200 e. The molecule has 0 amide bonds. The van der Waals surface area contributed by atoms with Gasteiger partial charge in [-0.3, -0.25) is 4.98 Å². The third kappa shape index (κ3) is 2.64. The van der Waals surface area contributed by atoms with Gasteiger partial charge in [0.15, 0.2) is 23.3 Å². The van der Waals surface area contributed by atoms with Crippen LogP contribution >= 0.6 is 11.6 Å². The highest BCUT2D eigenvalue weighted by Crippen LogP contribution is 2.50. The number of nitriles is 1. The zero-order valence-electron chi connectivity index (χ0n) is 14.3. The number of hydrogen-bond donors (Lipinski definition) is 0. The molecule has 0 aliphatic carbocycles. The molecule has 3 nitrogen and oxygen atoms in total. The lowest BCUT2D eigenvalue weighted by molar-refractivity contribution is 0.329. The predicted octanol–water partition coefficient (Wildman–Crippen LogP) is 5.02. The topological polar surface area (TPSA) is 39.9 Å². The number of benzene rings is 1. The highest BCUT2D eigenvalue weighted by atomic mass is 35.5. The van der Waals surface area contributed by atoms with Crippen molar-refractivity contribution in [1.29, 1.82) is 5.26 Å². The van der Waals surface area contributed by atoms with Gasteiger partial charge >= 0.3 is 0 Å². The number of fused-ring (bicyclic) bond motifs is 2. The molecule has 2 aliphatic heterocycles. The zero-order chi connectivity index (χ0) is 20.2. The van der Waals surface area contributed by atoms with Crippen LogP contribution in [0, 0.1) is 40.4 Å². The van der Waals surface area contributed by atoms with Crippen LogP contribution in [0.3, 0.4) is 0 Å². The molecular weight excluding hydrogens is 401 g/mol. The average Bonchev–Trinajstić information content (AvgIpc) is 2.95. The summed E-state index contributed by atoms with van der Waals surface area (Å²) in [6, 6.07) is 2.79. The molecule has 3 heterocycles. The molecule has 2 bridgehead atoms. The highest BCUT2D eigenvalue weighted by Gasteiger charge is 2.51. The molecule has 0 N–H and O–H groups in total. The quantitative estimate of drug-likeness (QED) is 0.394. The van der Waals surface area contributed by atoms with E-state index in [1.807, 2.05) is 0 Å². The number of piperidine rings is 1. The summed E-state index contributed by atoms with van der Waals surface area (Å²) in [4.78, 5) is 5.26. The summed E-state index contributed by atoms with van der Waals surface area (Å²) in [5.41, 5.74) is -1.33. The Bertz CT molecular complexity index is 963. The van der Waals surface area contributed by atoms with E-state index < -0.39 is 52.3 Å². The van der Waals surface area contributed by atoms with Gasteiger partial charge in [-0.1, -0.05) is 11.6 Å². The van der Waals surface area contributed by atoms with Gasteiger partial charge in [0, 0.05) is 24.5 Å². The molecule has 146 valence electrons. The molecule has 2 atom stereocenters. The van der Waals surface area contributed by atoms with Gasteiger partial charge in [-0.05, 0) is 37.3 Å². The van der Waals surface area contributed by atoms with Crippen molar-refractivity contribution in [2.75, 3.05) is 4.90 Å². The fourth-order valence-electron chi connectivity index (χ4n) is 4.50. The van der Waals surface area contributed by atoms with Gasteiger partial charge < -0.3 is 4.90 Å². The fourth-order valence-corrected chi connectivity index (χ4v) is 4.67. The second-order valence-corrected chi connectivity index (χ2v) is 7.64. The van der Waals surface area contributed by atoms with Gasteiger partial charge in [-0.25, -0.2) is 22.0 Å². The second kappa shape index (κ2) is 6.59. The van der Waals surface area contributed by atoms with Gasteiger partial charge in [0.05, 0.1) is 16.5 Å². The molecule has 1 aromatic heterocycles. The van der Waals surface area contributed by atoms with Crippen LogP contribution < -0.4 is 4.90 Å². The molecule has 2 saturated heterocycles. The molecule has 4 rings (SSSR count). The van der Waals surface area contributed by atoms with Crippen LogP contribution in [0.2, 0.25) is 5.02 Å². The molecule has 2 unspecified atom stereocenters. The fraction of sp³-hybridized carbons (Fsp3) is 0.368. The maximum Gasteiger partial charge on any atom is 0.200 e. The number of nitrogens with zero attached hydrogens (tertiary/aromatic N) is 3. The van der Waals surface area contributed by atoms with E-state index in [1.54, 1.807) is 6.07 Å². The number of anilines is 1. The molecule has 9 heteroatoms. The van der Waals surface area contributed by atoms with Crippen molar-refractivity contribution in [1.82, 2.24) is 4.98 Å². The number of aromatic nitrogens is 1. The average molecular weight is 414 g/mol. The maximum absolute atomic E-state index is 14.4. The van der Waals surface area contributed by atoms with E-state index in [9.17, 15) is 27.2 Å². The molecule has 2 fully saturated rings. The molecule has 0 spiro atoms. The van der Waals surface area contributed by atoms with Gasteiger partial charge in [0.1, 0.15) is 5.69 Å². The Morgan fingerprint density at radius 1 is 0.964 bits per heavy atom. The Balaban J connectivity index is 1.78. The molecule has 28 heavy (non-hydrogen) atoms. The van der Waals surface area contributed by atoms with Crippen molar-refractivity contribution >= 4 is 17.3 Å². The highest BCUT2D eigenvalue weighted by molar-refractivity contribution is 6.30. The van der Waals surface area contributed by atoms with E-state index in [4.69, 9.17) is 11.6 Å². The number of halogens is 6. The zero-order valence-corrected chi connectivity index (χ0v) is 15.1. The Morgan fingerprint density at radius 2 is 1.50 bits per heavy atom. The third-order valence-corrected chi connectivity index (χ3v) is 5.91. The number of rotatable bonds is 2. The molecule has 1 aromatic carbocycles. The monoisotopic (exact) mass is 413 g/mol. The standard InChI is InChI=1S/C19H13ClF5N3/c20-10-3-9(6-27-7-10)19(8-26)4-11-1-2-12(5-19)28(11)18-16(24)14(22)13(21)15(23)17(18)25/h3,6-7,11-12H,1-2,4-5H2. The van der Waals surface area contributed by atoms with Crippen LogP contribution in [0.25, 0.3) is 0 Å². The van der Waals surface area contributed by atoms with E-state index in [0.29, 0.717) is 23.4 Å². The first-order chi connectivity index (χ1) is 13.3. The SMILES string of the molecule is N#CC1(c2cncc(Cl)c2)CC2CCC(C1)N2c1c(F)c(F)c(F)c(F)c1F. The Morgan fingerprint density at radius 3 is 2.00 bits per heavy atom. The van der Waals surface area contributed by atoms with Crippen molar-refractivity contribution in [3.8, 4) is 6.07 Å². The van der Waals surface area contributed by atoms with E-state index in [2.05, 4.69) is 11.1 Å². The van der Waals surface area contributed by atoms with Crippen molar-refractivity contribution < 1.29 is 22.0 Å². The van der Waals surface area contributed by atoms with Crippen LogP contribution in [0.5, 0.6) is 0 Å². The van der Waals surface area contributed by atoms with Crippen LogP contribution in [-0.4, -0.2) is 17.1 Å². The van der Waals surface area contributed by atoms with Crippen molar-refractivity contribution in [2.45, 2.75) is 43.2 Å². The maximum atomic E-state index is 14.4. The first-order valence-corrected chi connectivity index (χ1v) is 8.99. The van der Waals surface area contributed by atoms with Crippen molar-refractivity contribution in [2.24, 2.45) is 0 Å².